The molecule has 0 aromatic heterocycles. The lowest BCUT2D eigenvalue weighted by Crippen LogP contribution is -2.45. The molecule has 1 saturated heterocycles. The molecule has 6 heteroatoms. The number of carboxylic acids is 1. The molecule has 0 bridgehead atoms. The molecule has 1 aromatic rings. The van der Waals surface area contributed by atoms with Crippen LogP contribution in [0.5, 0.6) is 0 Å². The molecule has 2 unspecified atom stereocenters. The average molecular weight is 286 g/mol. The Bertz CT molecular complexity index is 572. The van der Waals surface area contributed by atoms with Gasteiger partial charge in [0.25, 0.3) is 0 Å². The maximum absolute atomic E-state index is 11.0. The van der Waals surface area contributed by atoms with E-state index in [9.17, 15) is 4.79 Å². The number of hydrogen-bond acceptors (Lipinski definition) is 5. The Morgan fingerprint density at radius 3 is 2.71 bits per heavy atom. The first kappa shape index (κ1) is 13.9. The summed E-state index contributed by atoms with van der Waals surface area (Å²) in [6.07, 6.45) is 3.20. The number of carbonyl (C=O) groups is 1. The van der Waals surface area contributed by atoms with Crippen LogP contribution < -0.4 is 21.7 Å². The summed E-state index contributed by atoms with van der Waals surface area (Å²) in [5.41, 5.74) is 9.90. The summed E-state index contributed by atoms with van der Waals surface area (Å²) >= 11 is 0. The smallest absolute Gasteiger partial charge is 0.325 e. The van der Waals surface area contributed by atoms with Gasteiger partial charge in [0.1, 0.15) is 6.17 Å². The summed E-state index contributed by atoms with van der Waals surface area (Å²) in [5.74, 6) is 6.25. The Hall–Kier alpha value is -2.07. The van der Waals surface area contributed by atoms with Gasteiger partial charge < -0.3 is 10.4 Å². The molecule has 110 valence electrons. The van der Waals surface area contributed by atoms with Crippen LogP contribution in [-0.4, -0.2) is 23.3 Å². The van der Waals surface area contributed by atoms with Gasteiger partial charge in [-0.3, -0.25) is 4.79 Å². The quantitative estimate of drug-likeness (QED) is 0.522. The highest BCUT2D eigenvalue weighted by atomic mass is 16.4. The van der Waals surface area contributed by atoms with E-state index < -0.39 is 18.2 Å². The van der Waals surface area contributed by atoms with Crippen LogP contribution in [0, 0.1) is 17.8 Å². The molecule has 1 aromatic carbocycles. The second-order valence-corrected chi connectivity index (χ2v) is 5.38. The molecule has 5 N–H and O–H groups in total. The van der Waals surface area contributed by atoms with Crippen LogP contribution in [0.3, 0.4) is 0 Å². The minimum Gasteiger partial charge on any atom is -0.480 e. The molecule has 21 heavy (non-hydrogen) atoms. The Morgan fingerprint density at radius 1 is 1.29 bits per heavy atom. The second-order valence-electron chi connectivity index (χ2n) is 5.38. The number of anilines is 1. The molecule has 6 nitrogen and oxygen atoms in total. The Labute approximate surface area is 123 Å². The van der Waals surface area contributed by atoms with E-state index in [1.165, 1.54) is 12.8 Å². The lowest BCUT2D eigenvalue weighted by Gasteiger charge is -2.17. The summed E-state index contributed by atoms with van der Waals surface area (Å²) in [7, 11) is 0. The molecule has 0 amide bonds. The highest BCUT2D eigenvalue weighted by molar-refractivity contribution is 5.75. The zero-order valence-corrected chi connectivity index (χ0v) is 11.5. The molecule has 0 radical (unpaired) electrons. The molecule has 2 atom stereocenters. The van der Waals surface area contributed by atoms with Crippen LogP contribution >= 0.6 is 0 Å². The monoisotopic (exact) mass is 286 g/mol. The van der Waals surface area contributed by atoms with Gasteiger partial charge in [0.2, 0.25) is 0 Å². The van der Waals surface area contributed by atoms with E-state index in [1.807, 2.05) is 24.3 Å². The topological polar surface area (TPSA) is 85.4 Å². The predicted octanol–water partition coefficient (Wildman–Crippen LogP) is 0.642. The zero-order valence-electron chi connectivity index (χ0n) is 11.5. The van der Waals surface area contributed by atoms with Crippen LogP contribution in [0.2, 0.25) is 0 Å². The van der Waals surface area contributed by atoms with Gasteiger partial charge in [-0.15, -0.1) is 0 Å². The molecule has 1 saturated carbocycles. The minimum atomic E-state index is -0.924. The van der Waals surface area contributed by atoms with Crippen LogP contribution in [0.25, 0.3) is 0 Å². The number of hydrogen-bond donors (Lipinski definition) is 5. The van der Waals surface area contributed by atoms with Crippen LogP contribution in [0.1, 0.15) is 24.8 Å². The van der Waals surface area contributed by atoms with Crippen molar-refractivity contribution in [2.24, 2.45) is 5.92 Å². The molecular weight excluding hydrogens is 268 g/mol. The fraction of sp³-hybridized carbons (Fsp3) is 0.400. The Balaban J connectivity index is 1.58. The summed E-state index contributed by atoms with van der Waals surface area (Å²) in [4.78, 5) is 11.0. The molecule has 2 fully saturated rings. The van der Waals surface area contributed by atoms with Crippen molar-refractivity contribution in [1.82, 2.24) is 16.4 Å². The van der Waals surface area contributed by atoms with Crippen molar-refractivity contribution >= 4 is 11.7 Å². The van der Waals surface area contributed by atoms with Crippen molar-refractivity contribution in [2.75, 3.05) is 5.32 Å². The van der Waals surface area contributed by atoms with Crippen LogP contribution in [-0.2, 0) is 4.79 Å². The van der Waals surface area contributed by atoms with Crippen molar-refractivity contribution < 1.29 is 9.90 Å². The minimum absolute atomic E-state index is 0.422. The van der Waals surface area contributed by atoms with Crippen molar-refractivity contribution in [1.29, 1.82) is 0 Å². The van der Waals surface area contributed by atoms with Gasteiger partial charge in [0, 0.05) is 17.7 Å². The number of rotatable bonds is 4. The predicted molar refractivity (Wildman–Crippen MR) is 78.9 cm³/mol. The fourth-order valence-corrected chi connectivity index (χ4v) is 2.14. The lowest BCUT2D eigenvalue weighted by molar-refractivity contribution is -0.139. The zero-order chi connectivity index (χ0) is 14.7. The van der Waals surface area contributed by atoms with Crippen molar-refractivity contribution in [3.8, 4) is 11.8 Å². The van der Waals surface area contributed by atoms with E-state index in [0.717, 1.165) is 23.6 Å². The first-order valence-corrected chi connectivity index (χ1v) is 7.07. The van der Waals surface area contributed by atoms with E-state index in [4.69, 9.17) is 5.11 Å². The first-order chi connectivity index (χ1) is 10.2. The molecule has 2 aliphatic rings. The maximum atomic E-state index is 11.0. The summed E-state index contributed by atoms with van der Waals surface area (Å²) < 4.78 is 0. The molecule has 1 heterocycles. The number of carboxylic acid groups (broad SMARTS) is 1. The number of nitrogens with one attached hydrogen (secondary N) is 4. The van der Waals surface area contributed by atoms with Gasteiger partial charge in [-0.05, 0) is 43.0 Å². The molecular formula is C15H18N4O2. The molecule has 1 aliphatic heterocycles. The standard InChI is InChI=1S/C15H18N4O2/c20-15(21)13-14(18-19-17-13)16-12-8-6-11(7-9-12)3-1-2-10-4-5-10/h6-10,13-14,16-19H,2,4-5H2,(H,20,21). The van der Waals surface area contributed by atoms with Crippen LogP contribution in [0.4, 0.5) is 5.69 Å². The lowest BCUT2D eigenvalue weighted by atomic mass is 10.2. The average Bonchev–Trinajstić information content (AvgIpc) is 3.17. The van der Waals surface area contributed by atoms with Crippen LogP contribution in [0.15, 0.2) is 24.3 Å². The van der Waals surface area contributed by atoms with Gasteiger partial charge >= 0.3 is 5.97 Å². The fourth-order valence-electron chi connectivity index (χ4n) is 2.14. The van der Waals surface area contributed by atoms with Gasteiger partial charge in [-0.2, -0.15) is 5.53 Å². The third-order valence-electron chi connectivity index (χ3n) is 3.58. The Morgan fingerprint density at radius 2 is 2.05 bits per heavy atom. The largest absolute Gasteiger partial charge is 0.480 e. The van der Waals surface area contributed by atoms with Crippen molar-refractivity contribution in [3.05, 3.63) is 29.8 Å². The first-order valence-electron chi connectivity index (χ1n) is 7.07. The van der Waals surface area contributed by atoms with E-state index in [-0.39, 0.29) is 0 Å². The van der Waals surface area contributed by atoms with Crippen molar-refractivity contribution in [2.45, 2.75) is 31.5 Å². The van der Waals surface area contributed by atoms with Crippen molar-refractivity contribution in [3.63, 3.8) is 0 Å². The van der Waals surface area contributed by atoms with Gasteiger partial charge in [-0.25, -0.2) is 10.9 Å². The van der Waals surface area contributed by atoms with E-state index in [0.29, 0.717) is 0 Å². The summed E-state index contributed by atoms with van der Waals surface area (Å²) in [6.45, 7) is 0. The molecule has 0 spiro atoms. The summed E-state index contributed by atoms with van der Waals surface area (Å²) in [6, 6.07) is 6.95. The van der Waals surface area contributed by atoms with Gasteiger partial charge in [-0.1, -0.05) is 11.8 Å². The number of hydrazine groups is 2. The van der Waals surface area contributed by atoms with E-state index in [2.05, 4.69) is 33.5 Å². The molecule has 1 aliphatic carbocycles. The second kappa shape index (κ2) is 6.14. The third-order valence-corrected chi connectivity index (χ3v) is 3.58. The normalized spacial score (nSPS) is 24.2. The van der Waals surface area contributed by atoms with Gasteiger partial charge in [0.05, 0.1) is 0 Å². The van der Waals surface area contributed by atoms with Gasteiger partial charge in [0.15, 0.2) is 6.04 Å². The number of aliphatic carboxylic acids is 1. The SMILES string of the molecule is O=C(O)C1NNNC1Nc1ccc(C#CCC2CC2)cc1. The Kier molecular flexibility index (Phi) is 4.06. The summed E-state index contributed by atoms with van der Waals surface area (Å²) in [5, 5.41) is 12.2. The highest BCUT2D eigenvalue weighted by Crippen LogP contribution is 2.31. The number of benzene rings is 1. The van der Waals surface area contributed by atoms with E-state index in [1.54, 1.807) is 0 Å². The highest BCUT2D eigenvalue weighted by Gasteiger charge is 2.32. The molecule has 3 rings (SSSR count). The maximum Gasteiger partial charge on any atom is 0.325 e. The van der Waals surface area contributed by atoms with E-state index >= 15 is 0 Å². The third kappa shape index (κ3) is 3.73.